The van der Waals surface area contributed by atoms with Gasteiger partial charge in [-0.2, -0.15) is 22.0 Å². The largest absolute Gasteiger partial charge is 0.508 e. The van der Waals surface area contributed by atoms with Crippen LogP contribution in [0.15, 0.2) is 36.4 Å². The molecule has 1 N–H and O–H groups in total. The Labute approximate surface area is 254 Å². The molecule has 0 radical (unpaired) electrons. The molecule has 0 amide bonds. The summed E-state index contributed by atoms with van der Waals surface area (Å²) in [6, 6.07) is 9.27. The van der Waals surface area contributed by atoms with Crippen LogP contribution in [-0.2, 0) is 16.3 Å². The number of nitrogens with zero attached hydrogens (tertiary/aromatic N) is 1. The second-order valence-electron chi connectivity index (χ2n) is 11.6. The number of benzene rings is 2. The summed E-state index contributed by atoms with van der Waals surface area (Å²) >= 11 is 0. The predicted molar refractivity (Wildman–Crippen MR) is 158 cm³/mol. The number of alkyl halides is 5. The minimum Gasteiger partial charge on any atom is -0.508 e. The van der Waals surface area contributed by atoms with Crippen LogP contribution in [0.1, 0.15) is 80.9 Å². The van der Waals surface area contributed by atoms with Gasteiger partial charge in [-0.15, -0.1) is 0 Å². The maximum atomic E-state index is 14.1. The molecule has 0 unspecified atom stereocenters. The molecule has 0 bridgehead atoms. The zero-order valence-electron chi connectivity index (χ0n) is 24.8. The smallest absolute Gasteiger partial charge is 0.453 e. The van der Waals surface area contributed by atoms with E-state index in [4.69, 9.17) is 0 Å². The summed E-state index contributed by atoms with van der Waals surface area (Å²) in [5.41, 5.74) is 4.76. The second-order valence-corrected chi connectivity index (χ2v) is 13.9. The Hall–Kier alpha value is -2.60. The lowest BCUT2D eigenvalue weighted by Crippen LogP contribution is -2.36. The summed E-state index contributed by atoms with van der Waals surface area (Å²) in [5.74, 6) is -7.47. The lowest BCUT2D eigenvalue weighted by atomic mass is 9.89. The van der Waals surface area contributed by atoms with Gasteiger partial charge in [-0.25, -0.2) is 17.2 Å². The topological polar surface area (TPSA) is 57.6 Å². The van der Waals surface area contributed by atoms with Gasteiger partial charge in [0, 0.05) is 6.42 Å². The SMILES string of the molecule is CN(CCCCCCC1=C(c2ccc(F)c(F)c2)CCCc2cc(O)ccc21)CCCS(=O)(=O)CCCC(F)(F)C(F)(F)F. The number of sulfone groups is 1. The molecule has 2 aromatic rings. The third kappa shape index (κ3) is 10.5. The zero-order valence-corrected chi connectivity index (χ0v) is 25.7. The molecule has 0 fully saturated rings. The van der Waals surface area contributed by atoms with Crippen LogP contribution >= 0.6 is 0 Å². The lowest BCUT2D eigenvalue weighted by molar-refractivity contribution is -0.284. The van der Waals surface area contributed by atoms with Crippen molar-refractivity contribution in [3.05, 3.63) is 64.7 Å². The normalized spacial score (nSPS) is 14.7. The number of rotatable bonds is 16. The Bertz CT molecular complexity index is 1390. The number of phenolic OH excluding ortho intramolecular Hbond substituents is 1. The second kappa shape index (κ2) is 15.6. The van der Waals surface area contributed by atoms with Crippen LogP contribution in [0.4, 0.5) is 30.7 Å². The number of aryl methyl sites for hydroxylation is 1. The van der Waals surface area contributed by atoms with Gasteiger partial charge in [-0.3, -0.25) is 0 Å². The van der Waals surface area contributed by atoms with Crippen LogP contribution < -0.4 is 0 Å². The molecule has 246 valence electrons. The third-order valence-corrected chi connectivity index (χ3v) is 9.81. The van der Waals surface area contributed by atoms with Crippen molar-refractivity contribution in [3.63, 3.8) is 0 Å². The van der Waals surface area contributed by atoms with Gasteiger partial charge in [0.05, 0.1) is 11.5 Å². The number of hydrogen-bond donors (Lipinski definition) is 1. The van der Waals surface area contributed by atoms with Crippen molar-refractivity contribution in [3.8, 4) is 5.75 Å². The van der Waals surface area contributed by atoms with Crippen LogP contribution in [0.25, 0.3) is 11.1 Å². The van der Waals surface area contributed by atoms with Gasteiger partial charge in [-0.05, 0) is 124 Å². The summed E-state index contributed by atoms with van der Waals surface area (Å²) in [5, 5.41) is 10.0. The van der Waals surface area contributed by atoms with Crippen LogP contribution in [0, 0.1) is 11.6 Å². The Morgan fingerprint density at radius 1 is 0.818 bits per heavy atom. The van der Waals surface area contributed by atoms with Crippen LogP contribution in [0.2, 0.25) is 0 Å². The van der Waals surface area contributed by atoms with Crippen molar-refractivity contribution in [2.75, 3.05) is 31.6 Å². The molecule has 0 aromatic heterocycles. The summed E-state index contributed by atoms with van der Waals surface area (Å²) < 4.78 is 115. The average Bonchev–Trinajstić information content (AvgIpc) is 3.10. The first-order valence-corrected chi connectivity index (χ1v) is 16.7. The van der Waals surface area contributed by atoms with Gasteiger partial charge in [0.1, 0.15) is 15.6 Å². The van der Waals surface area contributed by atoms with Crippen molar-refractivity contribution in [1.82, 2.24) is 4.90 Å². The van der Waals surface area contributed by atoms with Crippen molar-refractivity contribution >= 4 is 21.0 Å². The molecule has 0 aliphatic heterocycles. The molecule has 0 atom stereocenters. The van der Waals surface area contributed by atoms with E-state index in [0.29, 0.717) is 25.1 Å². The number of phenols is 1. The first-order chi connectivity index (χ1) is 20.6. The van der Waals surface area contributed by atoms with Gasteiger partial charge in [-0.1, -0.05) is 25.0 Å². The maximum Gasteiger partial charge on any atom is 0.453 e. The Balaban J connectivity index is 1.45. The standard InChI is InChI=1S/C32H40F7NO3S/c1-40(18-8-20-44(42,43)19-7-16-31(35,36)32(37,38)39)17-5-3-2-4-10-28-26(24-12-15-29(33)30(34)22-24)11-6-9-23-21-25(41)13-14-27(23)28/h12-15,21-22,41H,2-11,16-20H2,1H3. The number of allylic oxidation sites excluding steroid dienone is 2. The van der Waals surface area contributed by atoms with Gasteiger partial charge in [0.2, 0.25) is 0 Å². The van der Waals surface area contributed by atoms with E-state index >= 15 is 0 Å². The van der Waals surface area contributed by atoms with Crippen molar-refractivity contribution < 1.29 is 44.3 Å². The minimum absolute atomic E-state index is 0.187. The predicted octanol–water partition coefficient (Wildman–Crippen LogP) is 8.58. The summed E-state index contributed by atoms with van der Waals surface area (Å²) in [6.45, 7) is 1.16. The third-order valence-electron chi connectivity index (χ3n) is 7.99. The monoisotopic (exact) mass is 651 g/mol. The van der Waals surface area contributed by atoms with Crippen LogP contribution in [0.5, 0.6) is 5.75 Å². The van der Waals surface area contributed by atoms with E-state index in [-0.39, 0.29) is 17.9 Å². The van der Waals surface area contributed by atoms with E-state index in [1.807, 2.05) is 18.0 Å². The van der Waals surface area contributed by atoms with E-state index in [9.17, 15) is 44.3 Å². The molecule has 12 heteroatoms. The Morgan fingerprint density at radius 2 is 1.50 bits per heavy atom. The first kappa shape index (κ1) is 35.9. The van der Waals surface area contributed by atoms with Crippen molar-refractivity contribution in [2.24, 2.45) is 0 Å². The van der Waals surface area contributed by atoms with Crippen molar-refractivity contribution in [2.45, 2.75) is 82.7 Å². The fourth-order valence-electron chi connectivity index (χ4n) is 5.60. The van der Waals surface area contributed by atoms with Crippen molar-refractivity contribution in [1.29, 1.82) is 0 Å². The van der Waals surface area contributed by atoms with E-state index in [1.54, 1.807) is 18.2 Å². The number of hydrogen-bond acceptors (Lipinski definition) is 4. The van der Waals surface area contributed by atoms with Gasteiger partial charge < -0.3 is 10.0 Å². The first-order valence-electron chi connectivity index (χ1n) is 14.9. The number of fused-ring (bicyclic) bond motifs is 1. The molecule has 0 spiro atoms. The highest BCUT2D eigenvalue weighted by Gasteiger charge is 2.56. The molecule has 4 nitrogen and oxygen atoms in total. The lowest BCUT2D eigenvalue weighted by Gasteiger charge is -2.19. The Morgan fingerprint density at radius 3 is 2.20 bits per heavy atom. The van der Waals surface area contributed by atoms with E-state index < -0.39 is 52.2 Å². The number of unbranched alkanes of at least 4 members (excludes halogenated alkanes) is 3. The molecule has 0 saturated heterocycles. The molecule has 0 heterocycles. The minimum atomic E-state index is -5.68. The quantitative estimate of drug-likeness (QED) is 0.146. The fourth-order valence-corrected chi connectivity index (χ4v) is 6.96. The highest BCUT2D eigenvalue weighted by molar-refractivity contribution is 7.91. The summed E-state index contributed by atoms with van der Waals surface area (Å²) in [6.07, 6.45) is -1.18. The number of halogens is 7. The van der Waals surface area contributed by atoms with Crippen LogP contribution in [0.3, 0.4) is 0 Å². The summed E-state index contributed by atoms with van der Waals surface area (Å²) in [4.78, 5) is 1.96. The molecule has 1 aliphatic rings. The van der Waals surface area contributed by atoms with Gasteiger partial charge in [0.15, 0.2) is 11.6 Å². The van der Waals surface area contributed by atoms with Crippen LogP contribution in [-0.4, -0.2) is 62.2 Å². The van der Waals surface area contributed by atoms with Gasteiger partial charge >= 0.3 is 12.1 Å². The highest BCUT2D eigenvalue weighted by Crippen LogP contribution is 2.40. The fraction of sp³-hybridized carbons (Fsp3) is 0.562. The Kier molecular flexibility index (Phi) is 12.7. The molecule has 2 aromatic carbocycles. The zero-order chi connectivity index (χ0) is 32.5. The van der Waals surface area contributed by atoms with E-state index in [2.05, 4.69) is 0 Å². The molecule has 3 rings (SSSR count). The summed E-state index contributed by atoms with van der Waals surface area (Å²) in [7, 11) is -1.89. The average molecular weight is 652 g/mol. The maximum absolute atomic E-state index is 14.1. The molecular formula is C32H40F7NO3S. The molecular weight excluding hydrogens is 611 g/mol. The highest BCUT2D eigenvalue weighted by atomic mass is 32.2. The van der Waals surface area contributed by atoms with Gasteiger partial charge in [0.25, 0.3) is 0 Å². The van der Waals surface area contributed by atoms with E-state index in [1.165, 1.54) is 6.07 Å². The number of aromatic hydroxyl groups is 1. The molecule has 0 saturated carbocycles. The molecule has 44 heavy (non-hydrogen) atoms. The van der Waals surface area contributed by atoms with E-state index in [0.717, 1.165) is 73.3 Å². The molecule has 1 aliphatic carbocycles.